The van der Waals surface area contributed by atoms with Gasteiger partial charge in [-0.2, -0.15) is 0 Å². The SMILES string of the molecule is CN1CCN(c2ccc(F)c(Cl)c2)CC1. The van der Waals surface area contributed by atoms with Crippen molar-refractivity contribution < 1.29 is 4.39 Å². The fraction of sp³-hybridized carbons (Fsp3) is 0.455. The Hall–Kier alpha value is -0.800. The van der Waals surface area contributed by atoms with Crippen LogP contribution >= 0.6 is 11.6 Å². The molecule has 1 aromatic rings. The Balaban J connectivity index is 2.12. The molecule has 0 atom stereocenters. The smallest absolute Gasteiger partial charge is 0.141 e. The zero-order valence-electron chi connectivity index (χ0n) is 8.71. The summed E-state index contributed by atoms with van der Waals surface area (Å²) in [6, 6.07) is 4.91. The van der Waals surface area contributed by atoms with Gasteiger partial charge in [-0.05, 0) is 25.2 Å². The highest BCUT2D eigenvalue weighted by Crippen LogP contribution is 2.23. The summed E-state index contributed by atoms with van der Waals surface area (Å²) >= 11 is 5.75. The van der Waals surface area contributed by atoms with E-state index in [1.807, 2.05) is 0 Å². The summed E-state index contributed by atoms with van der Waals surface area (Å²) in [7, 11) is 2.11. The van der Waals surface area contributed by atoms with Crippen molar-refractivity contribution >= 4 is 17.3 Å². The van der Waals surface area contributed by atoms with Crippen LogP contribution in [0.1, 0.15) is 0 Å². The minimum atomic E-state index is -0.352. The van der Waals surface area contributed by atoms with E-state index in [1.165, 1.54) is 6.07 Å². The molecule has 0 spiro atoms. The van der Waals surface area contributed by atoms with E-state index in [1.54, 1.807) is 12.1 Å². The molecule has 82 valence electrons. The van der Waals surface area contributed by atoms with Crippen LogP contribution in [0.25, 0.3) is 0 Å². The largest absolute Gasteiger partial charge is 0.369 e. The number of nitrogens with zero attached hydrogens (tertiary/aromatic N) is 2. The second kappa shape index (κ2) is 4.37. The summed E-state index contributed by atoms with van der Waals surface area (Å²) in [5, 5.41) is 0.200. The number of hydrogen-bond donors (Lipinski definition) is 0. The Labute approximate surface area is 94.2 Å². The van der Waals surface area contributed by atoms with Crippen LogP contribution < -0.4 is 4.90 Å². The third kappa shape index (κ3) is 2.41. The average molecular weight is 229 g/mol. The molecule has 2 nitrogen and oxygen atoms in total. The lowest BCUT2D eigenvalue weighted by atomic mass is 10.2. The van der Waals surface area contributed by atoms with Crippen molar-refractivity contribution in [2.45, 2.75) is 0 Å². The molecule has 0 saturated carbocycles. The summed E-state index contributed by atoms with van der Waals surface area (Å²) in [5.74, 6) is -0.352. The molecule has 0 N–H and O–H groups in total. The molecular weight excluding hydrogens is 215 g/mol. The van der Waals surface area contributed by atoms with Crippen LogP contribution in [0.4, 0.5) is 10.1 Å². The zero-order chi connectivity index (χ0) is 10.8. The van der Waals surface area contributed by atoms with Gasteiger partial charge in [-0.25, -0.2) is 4.39 Å². The minimum absolute atomic E-state index is 0.200. The monoisotopic (exact) mass is 228 g/mol. The van der Waals surface area contributed by atoms with Gasteiger partial charge in [0.1, 0.15) is 5.82 Å². The third-order valence-electron chi connectivity index (χ3n) is 2.77. The van der Waals surface area contributed by atoms with E-state index in [4.69, 9.17) is 11.6 Å². The molecule has 1 heterocycles. The maximum absolute atomic E-state index is 13.0. The number of likely N-dealkylation sites (N-methyl/N-ethyl adjacent to an activating group) is 1. The summed E-state index contributed by atoms with van der Waals surface area (Å²) in [4.78, 5) is 4.51. The minimum Gasteiger partial charge on any atom is -0.369 e. The molecule has 15 heavy (non-hydrogen) atoms. The van der Waals surface area contributed by atoms with Gasteiger partial charge in [0, 0.05) is 31.9 Å². The van der Waals surface area contributed by atoms with E-state index in [2.05, 4.69) is 16.8 Å². The summed E-state index contributed by atoms with van der Waals surface area (Å²) in [5.41, 5.74) is 1.01. The summed E-state index contributed by atoms with van der Waals surface area (Å²) in [6.07, 6.45) is 0. The molecular formula is C11H14ClFN2. The molecule has 4 heteroatoms. The predicted molar refractivity (Wildman–Crippen MR) is 61.1 cm³/mol. The van der Waals surface area contributed by atoms with Crippen LogP contribution in [0, 0.1) is 5.82 Å². The normalized spacial score (nSPS) is 18.2. The van der Waals surface area contributed by atoms with Gasteiger partial charge in [-0.1, -0.05) is 11.6 Å². The van der Waals surface area contributed by atoms with Crippen molar-refractivity contribution in [3.8, 4) is 0 Å². The van der Waals surface area contributed by atoms with Crippen molar-refractivity contribution in [1.82, 2.24) is 4.90 Å². The third-order valence-corrected chi connectivity index (χ3v) is 3.06. The van der Waals surface area contributed by atoms with Gasteiger partial charge in [0.15, 0.2) is 0 Å². The van der Waals surface area contributed by atoms with Crippen LogP contribution in [-0.2, 0) is 0 Å². The molecule has 0 unspecified atom stereocenters. The van der Waals surface area contributed by atoms with Crippen molar-refractivity contribution in [2.24, 2.45) is 0 Å². The van der Waals surface area contributed by atoms with E-state index in [9.17, 15) is 4.39 Å². The first-order valence-electron chi connectivity index (χ1n) is 5.05. The molecule has 1 fully saturated rings. The first-order chi connectivity index (χ1) is 7.16. The van der Waals surface area contributed by atoms with Crippen LogP contribution in [0.5, 0.6) is 0 Å². The van der Waals surface area contributed by atoms with E-state index < -0.39 is 0 Å². The Morgan fingerprint density at radius 3 is 2.47 bits per heavy atom. The topological polar surface area (TPSA) is 6.48 Å². The van der Waals surface area contributed by atoms with E-state index in [0.29, 0.717) is 0 Å². The molecule has 1 aliphatic rings. The zero-order valence-corrected chi connectivity index (χ0v) is 9.47. The lowest BCUT2D eigenvalue weighted by molar-refractivity contribution is 0.313. The van der Waals surface area contributed by atoms with Gasteiger partial charge in [-0.3, -0.25) is 0 Å². The van der Waals surface area contributed by atoms with E-state index in [-0.39, 0.29) is 10.8 Å². The van der Waals surface area contributed by atoms with Crippen molar-refractivity contribution in [3.63, 3.8) is 0 Å². The first kappa shape index (κ1) is 10.7. The van der Waals surface area contributed by atoms with Crippen LogP contribution in [0.15, 0.2) is 18.2 Å². The molecule has 1 aliphatic heterocycles. The Morgan fingerprint density at radius 1 is 1.20 bits per heavy atom. The maximum Gasteiger partial charge on any atom is 0.141 e. The van der Waals surface area contributed by atoms with Crippen molar-refractivity contribution in [3.05, 3.63) is 29.0 Å². The number of anilines is 1. The number of rotatable bonds is 1. The Kier molecular flexibility index (Phi) is 3.12. The molecule has 0 bridgehead atoms. The maximum atomic E-state index is 13.0. The lowest BCUT2D eigenvalue weighted by Gasteiger charge is -2.34. The summed E-state index contributed by atoms with van der Waals surface area (Å²) < 4.78 is 13.0. The predicted octanol–water partition coefficient (Wildman–Crippen LogP) is 2.23. The molecule has 2 rings (SSSR count). The molecule has 0 aromatic heterocycles. The summed E-state index contributed by atoms with van der Waals surface area (Å²) in [6.45, 7) is 4.01. The highest BCUT2D eigenvalue weighted by molar-refractivity contribution is 6.31. The van der Waals surface area contributed by atoms with Gasteiger partial charge in [-0.15, -0.1) is 0 Å². The standard InChI is InChI=1S/C11H14ClFN2/c1-14-4-6-15(7-5-14)9-2-3-11(13)10(12)8-9/h2-3,8H,4-7H2,1H3. The average Bonchev–Trinajstić information content (AvgIpc) is 2.23. The Bertz CT molecular complexity index is 348. The van der Waals surface area contributed by atoms with E-state index >= 15 is 0 Å². The lowest BCUT2D eigenvalue weighted by Crippen LogP contribution is -2.44. The molecule has 1 saturated heterocycles. The fourth-order valence-corrected chi connectivity index (χ4v) is 1.92. The second-order valence-corrected chi connectivity index (χ2v) is 4.30. The molecule has 0 amide bonds. The van der Waals surface area contributed by atoms with Gasteiger partial charge >= 0.3 is 0 Å². The van der Waals surface area contributed by atoms with Gasteiger partial charge in [0.25, 0.3) is 0 Å². The number of halogens is 2. The quantitative estimate of drug-likeness (QED) is 0.728. The van der Waals surface area contributed by atoms with E-state index in [0.717, 1.165) is 31.9 Å². The van der Waals surface area contributed by atoms with Crippen LogP contribution in [0.2, 0.25) is 5.02 Å². The van der Waals surface area contributed by atoms with Gasteiger partial charge < -0.3 is 9.80 Å². The van der Waals surface area contributed by atoms with Crippen molar-refractivity contribution in [1.29, 1.82) is 0 Å². The Morgan fingerprint density at radius 2 is 1.87 bits per heavy atom. The highest BCUT2D eigenvalue weighted by atomic mass is 35.5. The van der Waals surface area contributed by atoms with Crippen LogP contribution in [0.3, 0.4) is 0 Å². The second-order valence-electron chi connectivity index (χ2n) is 3.89. The van der Waals surface area contributed by atoms with Crippen molar-refractivity contribution in [2.75, 3.05) is 38.1 Å². The highest BCUT2D eigenvalue weighted by Gasteiger charge is 2.14. The van der Waals surface area contributed by atoms with Gasteiger partial charge in [0.05, 0.1) is 5.02 Å². The van der Waals surface area contributed by atoms with Crippen LogP contribution in [-0.4, -0.2) is 38.1 Å². The molecule has 0 radical (unpaired) electrons. The van der Waals surface area contributed by atoms with Gasteiger partial charge in [0.2, 0.25) is 0 Å². The number of hydrogen-bond acceptors (Lipinski definition) is 2. The first-order valence-corrected chi connectivity index (χ1v) is 5.43. The molecule has 1 aromatic carbocycles. The fourth-order valence-electron chi connectivity index (χ4n) is 1.75. The molecule has 0 aliphatic carbocycles. The number of benzene rings is 1. The number of piperazine rings is 1.